The van der Waals surface area contributed by atoms with Gasteiger partial charge in [-0.2, -0.15) is 26.3 Å². The molecule has 0 spiro atoms. The molecule has 0 aromatic heterocycles. The molecule has 0 heterocycles. The minimum atomic E-state index is -5.67. The molecule has 0 amide bonds. The lowest BCUT2D eigenvalue weighted by Gasteiger charge is -2.25. The highest BCUT2D eigenvalue weighted by atomic mass is 19.4. The third-order valence-electron chi connectivity index (χ3n) is 1.17. The summed E-state index contributed by atoms with van der Waals surface area (Å²) < 4.78 is 76.0. The van der Waals surface area contributed by atoms with Gasteiger partial charge in [0.1, 0.15) is 6.61 Å². The predicted octanol–water partition coefficient (Wildman–Crippen LogP) is -0.164. The molecule has 106 valence electrons. The van der Waals surface area contributed by atoms with Crippen LogP contribution in [0.5, 0.6) is 0 Å². The van der Waals surface area contributed by atoms with Gasteiger partial charge in [0, 0.05) is 0 Å². The van der Waals surface area contributed by atoms with Gasteiger partial charge >= 0.3 is 30.3 Å². The summed E-state index contributed by atoms with van der Waals surface area (Å²) in [7, 11) is 0. The molecule has 0 aromatic carbocycles. The second-order valence-corrected chi connectivity index (χ2v) is 2.65. The van der Waals surface area contributed by atoms with E-state index >= 15 is 0 Å². The van der Waals surface area contributed by atoms with Crippen molar-refractivity contribution in [1.29, 1.82) is 0 Å². The van der Waals surface area contributed by atoms with Gasteiger partial charge in [-0.15, -0.1) is 0 Å². The van der Waals surface area contributed by atoms with Crippen molar-refractivity contribution < 1.29 is 55.6 Å². The predicted molar refractivity (Wildman–Crippen MR) is 36.3 cm³/mol. The van der Waals surface area contributed by atoms with Crippen LogP contribution in [0.1, 0.15) is 0 Å². The monoisotopic (exact) mass is 286 g/mol. The molecule has 0 aliphatic carbocycles. The van der Waals surface area contributed by atoms with Gasteiger partial charge in [-0.05, 0) is 0 Å². The molecule has 0 fully saturated rings. The Bertz CT molecular complexity index is 304. The molecule has 6 nitrogen and oxygen atoms in total. The largest absolute Gasteiger partial charge is 0.491 e. The Morgan fingerprint density at radius 2 is 1.17 bits per heavy atom. The van der Waals surface area contributed by atoms with Crippen LogP contribution in [0.4, 0.5) is 26.3 Å². The van der Waals surface area contributed by atoms with Gasteiger partial charge in [-0.3, -0.25) is 0 Å². The van der Waals surface area contributed by atoms with E-state index < -0.39 is 36.9 Å². The Hall–Kier alpha value is -1.56. The summed E-state index contributed by atoms with van der Waals surface area (Å²) in [6, 6.07) is 0. The second-order valence-electron chi connectivity index (χ2n) is 2.65. The lowest BCUT2D eigenvalue weighted by molar-refractivity contribution is -0.356. The fourth-order valence-corrected chi connectivity index (χ4v) is 0.491. The number of hydrogen-bond acceptors (Lipinski definition) is 6. The van der Waals surface area contributed by atoms with Gasteiger partial charge in [-0.25, -0.2) is 9.59 Å². The third kappa shape index (κ3) is 4.75. The minimum absolute atomic E-state index is 2.03. The van der Waals surface area contributed by atoms with Gasteiger partial charge < -0.3 is 19.7 Å². The zero-order valence-electron chi connectivity index (χ0n) is 8.00. The zero-order valence-corrected chi connectivity index (χ0v) is 8.00. The van der Waals surface area contributed by atoms with Crippen molar-refractivity contribution >= 4 is 11.9 Å². The fourth-order valence-electron chi connectivity index (χ4n) is 0.491. The van der Waals surface area contributed by atoms with Crippen molar-refractivity contribution in [2.75, 3.05) is 6.61 Å². The Balaban J connectivity index is 4.84. The minimum Gasteiger partial charge on any atom is -0.389 e. The molecule has 0 bridgehead atoms. The van der Waals surface area contributed by atoms with E-state index in [1.54, 1.807) is 0 Å². The third-order valence-corrected chi connectivity index (χ3v) is 1.17. The standard InChI is InChI=1S/C6H4F6O6/c7-5(8,9)2(14)17-4(16,1-13)18-3(15)6(10,11)12/h13,16H,1H2. The Morgan fingerprint density at radius 3 is 1.33 bits per heavy atom. The van der Waals surface area contributed by atoms with Crippen LogP contribution in [0.15, 0.2) is 0 Å². The maximum atomic E-state index is 11.7. The number of carbonyl (C=O) groups excluding carboxylic acids is 2. The lowest BCUT2D eigenvalue weighted by atomic mass is 10.5. The van der Waals surface area contributed by atoms with Crippen molar-refractivity contribution in [1.82, 2.24) is 0 Å². The molecular formula is C6H4F6O6. The van der Waals surface area contributed by atoms with Crippen LogP contribution >= 0.6 is 0 Å². The Kier molecular flexibility index (Phi) is 4.54. The first kappa shape index (κ1) is 16.4. The van der Waals surface area contributed by atoms with Crippen molar-refractivity contribution in [3.8, 4) is 0 Å². The van der Waals surface area contributed by atoms with E-state index in [0.717, 1.165) is 0 Å². The normalized spacial score (nSPS) is 13.1. The van der Waals surface area contributed by atoms with Gasteiger partial charge in [0.25, 0.3) is 0 Å². The number of halogens is 6. The van der Waals surface area contributed by atoms with E-state index in [-0.39, 0.29) is 0 Å². The number of esters is 2. The van der Waals surface area contributed by atoms with Gasteiger partial charge in [0.2, 0.25) is 0 Å². The summed E-state index contributed by atoms with van der Waals surface area (Å²) in [5.41, 5.74) is 0. The number of aliphatic hydroxyl groups excluding tert-OH is 1. The summed E-state index contributed by atoms with van der Waals surface area (Å²) in [5, 5.41) is 17.0. The first-order valence-electron chi connectivity index (χ1n) is 3.75. The molecule has 2 N–H and O–H groups in total. The van der Waals surface area contributed by atoms with Gasteiger partial charge in [-0.1, -0.05) is 0 Å². The average Bonchev–Trinajstić information content (AvgIpc) is 2.14. The quantitative estimate of drug-likeness (QED) is 0.425. The fraction of sp³-hybridized carbons (Fsp3) is 0.667. The highest BCUT2D eigenvalue weighted by molar-refractivity contribution is 5.77. The number of aliphatic hydroxyl groups is 2. The molecule has 0 unspecified atom stereocenters. The number of carbonyl (C=O) groups is 2. The van der Waals surface area contributed by atoms with E-state index in [4.69, 9.17) is 10.2 Å². The summed E-state index contributed by atoms with van der Waals surface area (Å²) in [4.78, 5) is 20.4. The lowest BCUT2D eigenvalue weighted by Crippen LogP contribution is -2.48. The van der Waals surface area contributed by atoms with Crippen LogP contribution in [-0.2, 0) is 19.1 Å². The number of hydrogen-bond donors (Lipinski definition) is 2. The van der Waals surface area contributed by atoms with Crippen molar-refractivity contribution in [3.05, 3.63) is 0 Å². The maximum Gasteiger partial charge on any atom is 0.491 e. The zero-order chi connectivity index (χ0) is 14.8. The van der Waals surface area contributed by atoms with Gasteiger partial charge in [0.15, 0.2) is 0 Å². The average molecular weight is 286 g/mol. The number of alkyl halides is 6. The van der Waals surface area contributed by atoms with Crippen LogP contribution < -0.4 is 0 Å². The summed E-state index contributed by atoms with van der Waals surface area (Å²) in [6.45, 7) is -2.03. The first-order valence-corrected chi connectivity index (χ1v) is 3.75. The first-order chi connectivity index (χ1) is 7.82. The van der Waals surface area contributed by atoms with E-state index in [9.17, 15) is 35.9 Å². The SMILES string of the molecule is O=C(OC(O)(CO)OC(=O)C(F)(F)F)C(F)(F)F. The topological polar surface area (TPSA) is 93.1 Å². The molecule has 0 aromatic rings. The highest BCUT2D eigenvalue weighted by Gasteiger charge is 2.51. The smallest absolute Gasteiger partial charge is 0.389 e. The molecule has 0 aliphatic rings. The van der Waals surface area contributed by atoms with Gasteiger partial charge in [0.05, 0.1) is 0 Å². The molecule has 0 saturated carbocycles. The summed E-state index contributed by atoms with van der Waals surface area (Å²) in [6.07, 6.45) is -11.3. The summed E-state index contributed by atoms with van der Waals surface area (Å²) in [5.74, 6) is -10.4. The molecule has 18 heavy (non-hydrogen) atoms. The molecule has 0 rings (SSSR count). The van der Waals surface area contributed by atoms with Crippen molar-refractivity contribution in [2.24, 2.45) is 0 Å². The van der Waals surface area contributed by atoms with Crippen LogP contribution in [0.25, 0.3) is 0 Å². The summed E-state index contributed by atoms with van der Waals surface area (Å²) >= 11 is 0. The number of rotatable bonds is 3. The van der Waals surface area contributed by atoms with E-state index in [0.29, 0.717) is 0 Å². The van der Waals surface area contributed by atoms with Crippen LogP contribution in [0.2, 0.25) is 0 Å². The molecule has 0 atom stereocenters. The van der Waals surface area contributed by atoms with Crippen molar-refractivity contribution in [3.63, 3.8) is 0 Å². The molecule has 0 aliphatic heterocycles. The van der Waals surface area contributed by atoms with Crippen LogP contribution in [0, 0.1) is 0 Å². The highest BCUT2D eigenvalue weighted by Crippen LogP contribution is 2.24. The van der Waals surface area contributed by atoms with E-state index in [2.05, 4.69) is 9.47 Å². The van der Waals surface area contributed by atoms with Crippen LogP contribution in [-0.4, -0.2) is 47.1 Å². The molecule has 0 radical (unpaired) electrons. The molecule has 12 heteroatoms. The second kappa shape index (κ2) is 4.97. The van der Waals surface area contributed by atoms with E-state index in [1.165, 1.54) is 0 Å². The molecule has 0 saturated heterocycles. The van der Waals surface area contributed by atoms with E-state index in [1.807, 2.05) is 0 Å². The Labute approximate surface area is 93.7 Å². The van der Waals surface area contributed by atoms with Crippen LogP contribution in [0.3, 0.4) is 0 Å². The number of ether oxygens (including phenoxy) is 2. The maximum absolute atomic E-state index is 11.7. The van der Waals surface area contributed by atoms with Crippen molar-refractivity contribution in [2.45, 2.75) is 18.3 Å². The Morgan fingerprint density at radius 1 is 0.889 bits per heavy atom. The molecular weight excluding hydrogens is 282 g/mol.